The zero-order chi connectivity index (χ0) is 19.6. The fourth-order valence-corrected chi connectivity index (χ4v) is 5.87. The molecule has 1 fully saturated rings. The number of aliphatic imine (C=N–C) groups is 1. The van der Waals surface area contributed by atoms with Crippen LogP contribution < -0.4 is 14.4 Å². The molecular formula is C25H24N2O2. The minimum absolute atomic E-state index is 0.165. The number of hydrogen-bond donors (Lipinski definition) is 0. The molecule has 2 aliphatic heterocycles. The van der Waals surface area contributed by atoms with Crippen LogP contribution >= 0.6 is 0 Å². The third-order valence-corrected chi connectivity index (χ3v) is 7.20. The normalized spacial score (nSPS) is 23.4. The minimum atomic E-state index is -0.641. The summed E-state index contributed by atoms with van der Waals surface area (Å²) in [5.74, 6) is 1.84. The van der Waals surface area contributed by atoms with Gasteiger partial charge in [0.15, 0.2) is 5.75 Å². The van der Waals surface area contributed by atoms with E-state index >= 15 is 0 Å². The Bertz CT molecular complexity index is 1160. The zero-order valence-electron chi connectivity index (χ0n) is 16.8. The van der Waals surface area contributed by atoms with E-state index in [2.05, 4.69) is 72.8 Å². The van der Waals surface area contributed by atoms with Crippen molar-refractivity contribution in [2.24, 2.45) is 4.99 Å². The molecular weight excluding hydrogens is 360 g/mol. The van der Waals surface area contributed by atoms with Crippen LogP contribution in [0.15, 0.2) is 59.6 Å². The first kappa shape index (κ1) is 16.9. The van der Waals surface area contributed by atoms with Gasteiger partial charge in [-0.15, -0.1) is 0 Å². The molecule has 29 heavy (non-hydrogen) atoms. The van der Waals surface area contributed by atoms with Gasteiger partial charge in [-0.2, -0.15) is 0 Å². The summed E-state index contributed by atoms with van der Waals surface area (Å²) in [7, 11) is 3.90. The fourth-order valence-electron chi connectivity index (χ4n) is 5.87. The van der Waals surface area contributed by atoms with Crippen molar-refractivity contribution in [3.05, 3.63) is 60.2 Å². The van der Waals surface area contributed by atoms with Gasteiger partial charge in [-0.25, -0.2) is 0 Å². The van der Waals surface area contributed by atoms with Crippen LogP contribution in [-0.2, 0) is 5.41 Å². The number of nitrogens with zero attached hydrogens (tertiary/aromatic N) is 2. The molecule has 0 radical (unpaired) electrons. The lowest BCUT2D eigenvalue weighted by Crippen LogP contribution is -2.62. The first-order valence-corrected chi connectivity index (χ1v) is 10.4. The van der Waals surface area contributed by atoms with Crippen molar-refractivity contribution in [1.29, 1.82) is 0 Å². The van der Waals surface area contributed by atoms with Crippen molar-refractivity contribution >= 4 is 28.4 Å². The average molecular weight is 384 g/mol. The van der Waals surface area contributed by atoms with Gasteiger partial charge >= 0.3 is 0 Å². The monoisotopic (exact) mass is 384 g/mol. The molecule has 3 aromatic carbocycles. The van der Waals surface area contributed by atoms with Crippen LogP contribution in [0.1, 0.15) is 31.2 Å². The van der Waals surface area contributed by atoms with Crippen molar-refractivity contribution < 1.29 is 9.47 Å². The van der Waals surface area contributed by atoms with Gasteiger partial charge in [0.1, 0.15) is 11.4 Å². The minimum Gasteiger partial charge on any atom is -0.496 e. The van der Waals surface area contributed by atoms with Crippen LogP contribution in [0.5, 0.6) is 11.5 Å². The molecule has 0 bridgehead atoms. The molecule has 146 valence electrons. The van der Waals surface area contributed by atoms with Crippen molar-refractivity contribution in [2.75, 3.05) is 19.1 Å². The van der Waals surface area contributed by atoms with E-state index in [4.69, 9.17) is 14.5 Å². The highest BCUT2D eigenvalue weighted by Gasteiger charge is 2.65. The summed E-state index contributed by atoms with van der Waals surface area (Å²) in [6.07, 6.45) is 6.56. The molecule has 3 aliphatic rings. The highest BCUT2D eigenvalue weighted by Crippen LogP contribution is 2.62. The Balaban J connectivity index is 1.62. The number of hydrogen-bond acceptors (Lipinski definition) is 4. The smallest absolute Gasteiger partial charge is 0.229 e. The van der Waals surface area contributed by atoms with Gasteiger partial charge in [-0.3, -0.25) is 4.99 Å². The van der Waals surface area contributed by atoms with E-state index < -0.39 is 5.72 Å². The Hall–Kier alpha value is -3.01. The molecule has 0 amide bonds. The summed E-state index contributed by atoms with van der Waals surface area (Å²) >= 11 is 0. The quantitative estimate of drug-likeness (QED) is 0.547. The van der Waals surface area contributed by atoms with Crippen molar-refractivity contribution in [2.45, 2.75) is 36.8 Å². The van der Waals surface area contributed by atoms with Crippen LogP contribution in [0.4, 0.5) is 11.4 Å². The number of rotatable bonds is 1. The average Bonchev–Trinajstić information content (AvgIpc) is 3.34. The predicted molar refractivity (Wildman–Crippen MR) is 117 cm³/mol. The molecule has 4 nitrogen and oxygen atoms in total. The largest absolute Gasteiger partial charge is 0.496 e. The maximum absolute atomic E-state index is 7.05. The Labute approximate surface area is 170 Å². The molecule has 1 atom stereocenters. The summed E-state index contributed by atoms with van der Waals surface area (Å²) in [5, 5.41) is 2.29. The van der Waals surface area contributed by atoms with Crippen LogP contribution in [0, 0.1) is 0 Å². The number of fused-ring (bicyclic) bond motifs is 6. The highest BCUT2D eigenvalue weighted by atomic mass is 16.5. The number of ether oxygens (including phenoxy) is 2. The molecule has 3 aromatic rings. The molecule has 1 aliphatic carbocycles. The van der Waals surface area contributed by atoms with Gasteiger partial charge in [-0.1, -0.05) is 49.2 Å². The second-order valence-electron chi connectivity index (χ2n) is 8.39. The van der Waals surface area contributed by atoms with E-state index in [9.17, 15) is 0 Å². The van der Waals surface area contributed by atoms with E-state index in [-0.39, 0.29) is 5.41 Å². The topological polar surface area (TPSA) is 34.1 Å². The number of benzene rings is 3. The van der Waals surface area contributed by atoms with Gasteiger partial charge in [0, 0.05) is 23.7 Å². The lowest BCUT2D eigenvalue weighted by atomic mass is 9.72. The fraction of sp³-hybridized carbons (Fsp3) is 0.320. The Morgan fingerprint density at radius 1 is 1.00 bits per heavy atom. The molecule has 0 N–H and O–H groups in total. The molecule has 4 heteroatoms. The lowest BCUT2D eigenvalue weighted by molar-refractivity contribution is 0.0667. The lowest BCUT2D eigenvalue weighted by Gasteiger charge is -2.46. The van der Waals surface area contributed by atoms with Gasteiger partial charge in [0.05, 0.1) is 18.7 Å². The second kappa shape index (κ2) is 5.76. The van der Waals surface area contributed by atoms with E-state index in [0.29, 0.717) is 0 Å². The predicted octanol–water partition coefficient (Wildman–Crippen LogP) is 5.60. The maximum Gasteiger partial charge on any atom is 0.229 e. The van der Waals surface area contributed by atoms with Gasteiger partial charge in [0.25, 0.3) is 0 Å². The van der Waals surface area contributed by atoms with E-state index in [1.165, 1.54) is 29.5 Å². The maximum atomic E-state index is 7.05. The summed E-state index contributed by atoms with van der Waals surface area (Å²) in [6, 6.07) is 18.9. The Morgan fingerprint density at radius 2 is 1.83 bits per heavy atom. The Kier molecular flexibility index (Phi) is 3.35. The molecule has 2 spiro atoms. The third kappa shape index (κ3) is 1.96. The third-order valence-electron chi connectivity index (χ3n) is 7.20. The van der Waals surface area contributed by atoms with Crippen LogP contribution in [0.3, 0.4) is 0 Å². The second-order valence-corrected chi connectivity index (χ2v) is 8.39. The van der Waals surface area contributed by atoms with Crippen molar-refractivity contribution in [1.82, 2.24) is 0 Å². The highest BCUT2D eigenvalue weighted by molar-refractivity contribution is 5.97. The summed E-state index contributed by atoms with van der Waals surface area (Å²) in [6.45, 7) is 0. The van der Waals surface area contributed by atoms with Crippen molar-refractivity contribution in [3.8, 4) is 11.5 Å². The summed E-state index contributed by atoms with van der Waals surface area (Å²) in [5.41, 5.74) is 2.55. The van der Waals surface area contributed by atoms with Crippen molar-refractivity contribution in [3.63, 3.8) is 0 Å². The molecule has 6 rings (SSSR count). The summed E-state index contributed by atoms with van der Waals surface area (Å²) < 4.78 is 12.9. The first-order valence-electron chi connectivity index (χ1n) is 10.4. The van der Waals surface area contributed by atoms with Gasteiger partial charge in [0.2, 0.25) is 5.72 Å². The SMILES string of the molecule is COc1cccc2c1C1(CCCC1)C1(C=Nc3ccc4ccccc4c3O1)N2C. The van der Waals surface area contributed by atoms with E-state index in [1.807, 2.05) is 0 Å². The van der Waals surface area contributed by atoms with Gasteiger partial charge < -0.3 is 14.4 Å². The Morgan fingerprint density at radius 3 is 2.66 bits per heavy atom. The van der Waals surface area contributed by atoms with Gasteiger partial charge in [-0.05, 0) is 36.4 Å². The standard InChI is InChI=1S/C25H24N2O2/c1-27-20-10-7-11-21(28-2)22(20)24(14-5-6-15-24)25(27)16-26-19-13-12-17-8-3-4-9-18(17)23(19)29-25/h3-4,7-13,16H,5-6,14-15H2,1-2H3. The molecule has 0 aromatic heterocycles. The zero-order valence-corrected chi connectivity index (χ0v) is 16.8. The first-order chi connectivity index (χ1) is 14.2. The molecule has 1 saturated carbocycles. The number of anilines is 1. The number of likely N-dealkylation sites (N-methyl/N-ethyl adjacent to an activating group) is 1. The molecule has 1 unspecified atom stereocenters. The van der Waals surface area contributed by atoms with Crippen LogP contribution in [-0.4, -0.2) is 26.1 Å². The molecule has 2 heterocycles. The molecule has 0 saturated heterocycles. The van der Waals surface area contributed by atoms with Crippen LogP contribution in [0.25, 0.3) is 10.8 Å². The van der Waals surface area contributed by atoms with Crippen LogP contribution in [0.2, 0.25) is 0 Å². The van der Waals surface area contributed by atoms with E-state index in [0.717, 1.165) is 35.4 Å². The van der Waals surface area contributed by atoms with E-state index in [1.54, 1.807) is 7.11 Å². The summed E-state index contributed by atoms with van der Waals surface area (Å²) in [4.78, 5) is 7.24. The number of methoxy groups -OCH3 is 1.